The molecule has 7 heteroatoms. The maximum Gasteiger partial charge on any atom is 0.339 e. The highest BCUT2D eigenvalue weighted by atomic mass is 16.5. The molecule has 0 fully saturated rings. The van der Waals surface area contributed by atoms with E-state index in [4.69, 9.17) is 14.2 Å². The van der Waals surface area contributed by atoms with Crippen molar-refractivity contribution < 1.29 is 28.6 Å². The summed E-state index contributed by atoms with van der Waals surface area (Å²) in [6.07, 6.45) is 0.973. The zero-order valence-electron chi connectivity index (χ0n) is 17.5. The van der Waals surface area contributed by atoms with Crippen molar-refractivity contribution in [3.63, 3.8) is 0 Å². The molecule has 2 rings (SSSR count). The van der Waals surface area contributed by atoms with Gasteiger partial charge < -0.3 is 19.2 Å². The molecule has 0 unspecified atom stereocenters. The molecular weight excluding hydrogens is 374 g/mol. The second kappa shape index (κ2) is 9.91. The summed E-state index contributed by atoms with van der Waals surface area (Å²) < 4.78 is 15.6. The Bertz CT molecular complexity index is 881. The van der Waals surface area contributed by atoms with Crippen molar-refractivity contribution in [3.8, 4) is 5.75 Å². The summed E-state index contributed by atoms with van der Waals surface area (Å²) in [5.41, 5.74) is 1.85. The number of H-pyrrole nitrogens is 1. The fraction of sp³-hybridized carbons (Fsp3) is 0.409. The van der Waals surface area contributed by atoms with Crippen LogP contribution in [0.15, 0.2) is 24.3 Å². The van der Waals surface area contributed by atoms with Gasteiger partial charge in [0, 0.05) is 5.69 Å². The Labute approximate surface area is 170 Å². The number of unbranched alkanes of at least 4 members (excludes halogenated alkanes) is 1. The number of benzene rings is 1. The second-order valence-electron chi connectivity index (χ2n) is 6.75. The van der Waals surface area contributed by atoms with Crippen molar-refractivity contribution in [2.45, 2.75) is 46.6 Å². The number of aromatic nitrogens is 1. The molecule has 0 radical (unpaired) electrons. The highest BCUT2D eigenvalue weighted by Gasteiger charge is 2.27. The van der Waals surface area contributed by atoms with Crippen molar-refractivity contribution >= 4 is 17.7 Å². The van der Waals surface area contributed by atoms with E-state index in [2.05, 4.69) is 11.9 Å². The van der Waals surface area contributed by atoms with Gasteiger partial charge in [-0.2, -0.15) is 0 Å². The average Bonchev–Trinajstić information content (AvgIpc) is 3.01. The summed E-state index contributed by atoms with van der Waals surface area (Å²) in [4.78, 5) is 39.9. The number of nitrogens with one attached hydrogen (secondary N) is 1. The summed E-state index contributed by atoms with van der Waals surface area (Å²) >= 11 is 0. The van der Waals surface area contributed by atoms with Crippen LogP contribution in [0.1, 0.15) is 69.2 Å². The van der Waals surface area contributed by atoms with Crippen molar-refractivity contribution in [1.82, 2.24) is 4.98 Å². The molecule has 1 aromatic heterocycles. The van der Waals surface area contributed by atoms with Crippen molar-refractivity contribution in [1.29, 1.82) is 0 Å². The predicted molar refractivity (Wildman–Crippen MR) is 108 cm³/mol. The summed E-state index contributed by atoms with van der Waals surface area (Å²) in [5.74, 6) is -0.887. The van der Waals surface area contributed by atoms with Crippen LogP contribution >= 0.6 is 0 Å². The Kier molecular flexibility index (Phi) is 7.59. The molecule has 1 N–H and O–H groups in total. The molecule has 29 heavy (non-hydrogen) atoms. The molecule has 0 aliphatic carbocycles. The summed E-state index contributed by atoms with van der Waals surface area (Å²) in [6.45, 7) is 7.52. The van der Waals surface area contributed by atoms with Crippen LogP contribution in [0.4, 0.5) is 0 Å². The van der Waals surface area contributed by atoms with Crippen molar-refractivity contribution in [2.24, 2.45) is 0 Å². The molecule has 0 aliphatic heterocycles. The third-order valence-electron chi connectivity index (χ3n) is 4.58. The lowest BCUT2D eigenvalue weighted by molar-refractivity contribution is 0.0316. The predicted octanol–water partition coefficient (Wildman–Crippen LogP) is 4.03. The zero-order valence-corrected chi connectivity index (χ0v) is 17.5. The van der Waals surface area contributed by atoms with E-state index in [1.807, 2.05) is 0 Å². The van der Waals surface area contributed by atoms with Crippen LogP contribution < -0.4 is 4.74 Å². The van der Waals surface area contributed by atoms with Crippen LogP contribution in [-0.4, -0.2) is 42.5 Å². The smallest absolute Gasteiger partial charge is 0.339 e. The van der Waals surface area contributed by atoms with Gasteiger partial charge in [-0.1, -0.05) is 13.3 Å². The van der Waals surface area contributed by atoms with Crippen LogP contribution in [0.5, 0.6) is 5.75 Å². The monoisotopic (exact) mass is 401 g/mol. The van der Waals surface area contributed by atoms with E-state index in [9.17, 15) is 14.4 Å². The molecule has 1 heterocycles. The molecule has 7 nitrogen and oxygen atoms in total. The molecule has 0 aliphatic rings. The number of hydrogen-bond acceptors (Lipinski definition) is 6. The van der Waals surface area contributed by atoms with E-state index < -0.39 is 23.8 Å². The third-order valence-corrected chi connectivity index (χ3v) is 4.58. The molecule has 0 saturated carbocycles. The molecule has 0 amide bonds. The Morgan fingerprint density at radius 1 is 1.07 bits per heavy atom. The van der Waals surface area contributed by atoms with E-state index in [0.29, 0.717) is 34.7 Å². The minimum Gasteiger partial charge on any atom is -0.494 e. The van der Waals surface area contributed by atoms with Gasteiger partial charge in [-0.25, -0.2) is 9.59 Å². The number of carbonyl (C=O) groups excluding carboxylic acids is 3. The van der Waals surface area contributed by atoms with Gasteiger partial charge in [0.25, 0.3) is 0 Å². The molecule has 0 saturated heterocycles. The average molecular weight is 401 g/mol. The van der Waals surface area contributed by atoms with Gasteiger partial charge in [-0.3, -0.25) is 4.79 Å². The van der Waals surface area contributed by atoms with Gasteiger partial charge in [0.15, 0.2) is 6.10 Å². The maximum atomic E-state index is 12.7. The third kappa shape index (κ3) is 5.25. The summed E-state index contributed by atoms with van der Waals surface area (Å²) in [7, 11) is 1.28. The van der Waals surface area contributed by atoms with Gasteiger partial charge in [0.2, 0.25) is 5.78 Å². The summed E-state index contributed by atoms with van der Waals surface area (Å²) in [5, 5.41) is 0. The Hall–Kier alpha value is -3.09. The van der Waals surface area contributed by atoms with Crippen LogP contribution in [0.2, 0.25) is 0 Å². The van der Waals surface area contributed by atoms with Gasteiger partial charge >= 0.3 is 11.9 Å². The fourth-order valence-electron chi connectivity index (χ4n) is 2.91. The number of aromatic amines is 1. The van der Waals surface area contributed by atoms with E-state index in [-0.39, 0.29) is 5.69 Å². The zero-order chi connectivity index (χ0) is 21.6. The normalized spacial score (nSPS) is 11.6. The van der Waals surface area contributed by atoms with Crippen LogP contribution in [-0.2, 0) is 9.47 Å². The number of carbonyl (C=O) groups is 3. The first-order chi connectivity index (χ1) is 13.8. The lowest BCUT2D eigenvalue weighted by Gasteiger charge is -2.13. The van der Waals surface area contributed by atoms with Crippen molar-refractivity contribution in [2.75, 3.05) is 13.7 Å². The SMILES string of the molecule is CCCCOc1ccc(C(=O)O[C@@H](C)C(=O)c2[nH]c(C)c(C(=O)OC)c2C)cc1. The number of ether oxygens (including phenoxy) is 3. The topological polar surface area (TPSA) is 94.7 Å². The number of ketones is 1. The first kappa shape index (κ1) is 22.2. The van der Waals surface area contributed by atoms with Crippen LogP contribution in [0.3, 0.4) is 0 Å². The number of esters is 2. The highest BCUT2D eigenvalue weighted by Crippen LogP contribution is 2.21. The van der Waals surface area contributed by atoms with Gasteiger partial charge in [-0.15, -0.1) is 0 Å². The number of hydrogen-bond donors (Lipinski definition) is 1. The number of aryl methyl sites for hydroxylation is 1. The molecule has 1 atom stereocenters. The first-order valence-electron chi connectivity index (χ1n) is 9.55. The van der Waals surface area contributed by atoms with E-state index in [0.717, 1.165) is 12.8 Å². The van der Waals surface area contributed by atoms with Crippen LogP contribution in [0, 0.1) is 13.8 Å². The largest absolute Gasteiger partial charge is 0.494 e. The Balaban J connectivity index is 2.06. The van der Waals surface area contributed by atoms with E-state index in [1.165, 1.54) is 14.0 Å². The standard InChI is InChI=1S/C22H27NO6/c1-6-7-12-28-17-10-8-16(9-11-17)21(25)29-15(4)20(24)19-13(2)18(14(3)23-19)22(26)27-5/h8-11,15,23H,6-7,12H2,1-5H3/t15-/m0/s1. The Morgan fingerprint density at radius 2 is 1.72 bits per heavy atom. The van der Waals surface area contributed by atoms with Crippen molar-refractivity contribution in [3.05, 3.63) is 52.3 Å². The molecule has 1 aromatic carbocycles. The van der Waals surface area contributed by atoms with Gasteiger partial charge in [0.05, 0.1) is 30.5 Å². The van der Waals surface area contributed by atoms with Crippen LogP contribution in [0.25, 0.3) is 0 Å². The molecule has 0 bridgehead atoms. The number of methoxy groups -OCH3 is 1. The van der Waals surface area contributed by atoms with Gasteiger partial charge in [0.1, 0.15) is 5.75 Å². The second-order valence-corrected chi connectivity index (χ2v) is 6.75. The first-order valence-corrected chi connectivity index (χ1v) is 9.55. The minimum absolute atomic E-state index is 0.225. The lowest BCUT2D eigenvalue weighted by Crippen LogP contribution is -2.25. The fourth-order valence-corrected chi connectivity index (χ4v) is 2.91. The minimum atomic E-state index is -1.02. The van der Waals surface area contributed by atoms with E-state index >= 15 is 0 Å². The highest BCUT2D eigenvalue weighted by molar-refractivity contribution is 6.04. The number of Topliss-reactive ketones (excluding diaryl/α,β-unsaturated/α-hetero) is 1. The lowest BCUT2D eigenvalue weighted by atomic mass is 10.1. The molecular formula is C22H27NO6. The molecule has 156 valence electrons. The molecule has 0 spiro atoms. The van der Waals surface area contributed by atoms with Gasteiger partial charge in [-0.05, 0) is 57.0 Å². The summed E-state index contributed by atoms with van der Waals surface area (Å²) in [6, 6.07) is 6.58. The maximum absolute atomic E-state index is 12.7. The van der Waals surface area contributed by atoms with E-state index in [1.54, 1.807) is 38.1 Å². The number of rotatable bonds is 9. The molecule has 2 aromatic rings. The Morgan fingerprint density at radius 3 is 2.31 bits per heavy atom. The quantitative estimate of drug-likeness (QED) is 0.387.